The summed E-state index contributed by atoms with van der Waals surface area (Å²) in [7, 11) is 1.61. The summed E-state index contributed by atoms with van der Waals surface area (Å²) in [6.07, 6.45) is 1.03. The Morgan fingerprint density at radius 2 is 1.92 bits per heavy atom. The maximum absolute atomic E-state index is 12.1. The molecule has 4 nitrogen and oxygen atoms in total. The van der Waals surface area contributed by atoms with E-state index in [1.165, 1.54) is 0 Å². The summed E-state index contributed by atoms with van der Waals surface area (Å²) in [6.45, 7) is 0.483. The number of halogens is 1. The van der Waals surface area contributed by atoms with Crippen LogP contribution in [0.15, 0.2) is 53.0 Å². The molecule has 0 aromatic heterocycles. The van der Waals surface area contributed by atoms with Crippen molar-refractivity contribution < 1.29 is 14.6 Å². The number of hydrogen-bond acceptors (Lipinski definition) is 3. The largest absolute Gasteiger partial charge is 0.497 e. The van der Waals surface area contributed by atoms with Gasteiger partial charge >= 0.3 is 0 Å². The second-order valence-corrected chi connectivity index (χ2v) is 6.53. The first-order valence-electron chi connectivity index (χ1n) is 7.86. The summed E-state index contributed by atoms with van der Waals surface area (Å²) in [4.78, 5) is 12.1. The van der Waals surface area contributed by atoms with E-state index >= 15 is 0 Å². The van der Waals surface area contributed by atoms with E-state index in [2.05, 4.69) is 21.2 Å². The molecule has 0 aliphatic rings. The third-order valence-corrected chi connectivity index (χ3v) is 4.61. The lowest BCUT2D eigenvalue weighted by atomic mass is 10.00. The summed E-state index contributed by atoms with van der Waals surface area (Å²) >= 11 is 3.51. The van der Waals surface area contributed by atoms with Gasteiger partial charge in [-0.15, -0.1) is 0 Å². The first-order valence-corrected chi connectivity index (χ1v) is 8.65. The second-order valence-electron chi connectivity index (χ2n) is 5.67. The SMILES string of the molecule is COc1ccc(CC(=O)NC[C@H](CO)Cc2ccccc2Br)cc1. The fraction of sp³-hybridized carbons (Fsp3) is 0.316. The lowest BCUT2D eigenvalue weighted by molar-refractivity contribution is -0.120. The number of aliphatic hydroxyl groups excluding tert-OH is 1. The molecule has 1 amide bonds. The monoisotopic (exact) mass is 391 g/mol. The number of methoxy groups -OCH3 is 1. The molecule has 0 aliphatic carbocycles. The van der Waals surface area contributed by atoms with Gasteiger partial charge in [0, 0.05) is 23.5 Å². The predicted molar refractivity (Wildman–Crippen MR) is 98.1 cm³/mol. The standard InChI is InChI=1S/C19H22BrNO3/c1-24-17-8-6-14(7-9-17)11-19(23)21-12-15(13-22)10-16-4-2-3-5-18(16)20/h2-9,15,22H,10-13H2,1H3,(H,21,23)/t15-/m1/s1. The van der Waals surface area contributed by atoms with E-state index < -0.39 is 0 Å². The number of nitrogens with one attached hydrogen (secondary N) is 1. The molecule has 2 aromatic carbocycles. The summed E-state index contributed by atoms with van der Waals surface area (Å²) in [6, 6.07) is 15.4. The average Bonchev–Trinajstić information content (AvgIpc) is 2.60. The van der Waals surface area contributed by atoms with Gasteiger partial charge in [0.15, 0.2) is 0 Å². The van der Waals surface area contributed by atoms with Gasteiger partial charge in [-0.3, -0.25) is 4.79 Å². The molecule has 2 rings (SSSR count). The molecule has 1 atom stereocenters. The van der Waals surface area contributed by atoms with E-state index in [0.29, 0.717) is 19.4 Å². The highest BCUT2D eigenvalue weighted by Crippen LogP contribution is 2.19. The van der Waals surface area contributed by atoms with Crippen molar-refractivity contribution in [3.63, 3.8) is 0 Å². The molecule has 0 radical (unpaired) electrons. The Hall–Kier alpha value is -1.85. The molecule has 2 N–H and O–H groups in total. The highest BCUT2D eigenvalue weighted by Gasteiger charge is 2.12. The van der Waals surface area contributed by atoms with Gasteiger partial charge in [0.1, 0.15) is 5.75 Å². The smallest absolute Gasteiger partial charge is 0.224 e. The number of ether oxygens (including phenoxy) is 1. The van der Waals surface area contributed by atoms with Crippen LogP contribution in [0.3, 0.4) is 0 Å². The third-order valence-electron chi connectivity index (χ3n) is 3.84. The molecule has 24 heavy (non-hydrogen) atoms. The molecule has 0 bridgehead atoms. The van der Waals surface area contributed by atoms with Crippen molar-refractivity contribution in [2.75, 3.05) is 20.3 Å². The van der Waals surface area contributed by atoms with E-state index in [1.54, 1.807) is 7.11 Å². The number of hydrogen-bond donors (Lipinski definition) is 2. The van der Waals surface area contributed by atoms with Crippen molar-refractivity contribution in [3.05, 3.63) is 64.1 Å². The third kappa shape index (κ3) is 5.65. The van der Waals surface area contributed by atoms with E-state index in [0.717, 1.165) is 21.3 Å². The van der Waals surface area contributed by atoms with Crippen molar-refractivity contribution in [1.29, 1.82) is 0 Å². The summed E-state index contributed by atoms with van der Waals surface area (Å²) < 4.78 is 6.12. The van der Waals surface area contributed by atoms with Gasteiger partial charge in [-0.1, -0.05) is 46.3 Å². The zero-order valence-electron chi connectivity index (χ0n) is 13.7. The fourth-order valence-corrected chi connectivity index (χ4v) is 2.87. The van der Waals surface area contributed by atoms with Gasteiger partial charge in [0.25, 0.3) is 0 Å². The number of rotatable bonds is 8. The second kappa shape index (κ2) is 9.45. The van der Waals surface area contributed by atoms with Crippen LogP contribution in [-0.4, -0.2) is 31.3 Å². The van der Waals surface area contributed by atoms with Crippen LogP contribution in [-0.2, 0) is 17.6 Å². The summed E-state index contributed by atoms with van der Waals surface area (Å²) in [5, 5.41) is 12.5. The Morgan fingerprint density at radius 3 is 2.54 bits per heavy atom. The maximum atomic E-state index is 12.1. The Balaban J connectivity index is 1.83. The maximum Gasteiger partial charge on any atom is 0.224 e. The molecule has 0 fully saturated rings. The summed E-state index contributed by atoms with van der Waals surface area (Å²) in [5.74, 6) is 0.710. The van der Waals surface area contributed by atoms with E-state index in [1.807, 2.05) is 48.5 Å². The minimum atomic E-state index is -0.0502. The van der Waals surface area contributed by atoms with Crippen LogP contribution < -0.4 is 10.1 Å². The molecule has 0 spiro atoms. The van der Waals surface area contributed by atoms with Gasteiger partial charge in [0.2, 0.25) is 5.91 Å². The van der Waals surface area contributed by atoms with Crippen LogP contribution in [0.4, 0.5) is 0 Å². The van der Waals surface area contributed by atoms with Gasteiger partial charge < -0.3 is 15.2 Å². The molecule has 0 saturated heterocycles. The number of aliphatic hydroxyl groups is 1. The lowest BCUT2D eigenvalue weighted by Crippen LogP contribution is -2.32. The van der Waals surface area contributed by atoms with Crippen LogP contribution >= 0.6 is 15.9 Å². The predicted octanol–water partition coefficient (Wildman–Crippen LogP) is 2.97. The Morgan fingerprint density at radius 1 is 1.21 bits per heavy atom. The Labute approximate surface area is 151 Å². The van der Waals surface area contributed by atoms with Crippen molar-refractivity contribution in [2.24, 2.45) is 5.92 Å². The van der Waals surface area contributed by atoms with Crippen LogP contribution in [0, 0.1) is 5.92 Å². The number of carbonyl (C=O) groups is 1. The van der Waals surface area contributed by atoms with Gasteiger partial charge in [-0.2, -0.15) is 0 Å². The average molecular weight is 392 g/mol. The molecule has 2 aromatic rings. The molecule has 128 valence electrons. The van der Waals surface area contributed by atoms with Crippen molar-refractivity contribution >= 4 is 21.8 Å². The molecule has 5 heteroatoms. The molecule has 0 heterocycles. The summed E-state index contributed by atoms with van der Waals surface area (Å²) in [5.41, 5.74) is 2.06. The first-order chi connectivity index (χ1) is 11.6. The van der Waals surface area contributed by atoms with E-state index in [9.17, 15) is 9.90 Å². The topological polar surface area (TPSA) is 58.6 Å². The van der Waals surface area contributed by atoms with Gasteiger partial charge in [-0.05, 0) is 35.7 Å². The lowest BCUT2D eigenvalue weighted by Gasteiger charge is -2.16. The van der Waals surface area contributed by atoms with E-state index in [4.69, 9.17) is 4.74 Å². The normalized spacial score (nSPS) is 11.8. The Kier molecular flexibility index (Phi) is 7.28. The first kappa shape index (κ1) is 18.5. The number of benzene rings is 2. The van der Waals surface area contributed by atoms with E-state index in [-0.39, 0.29) is 18.4 Å². The molecular weight excluding hydrogens is 370 g/mol. The van der Waals surface area contributed by atoms with Crippen molar-refractivity contribution in [2.45, 2.75) is 12.8 Å². The molecular formula is C19H22BrNO3. The van der Waals surface area contributed by atoms with Crippen LogP contribution in [0.25, 0.3) is 0 Å². The van der Waals surface area contributed by atoms with Crippen molar-refractivity contribution in [3.8, 4) is 5.75 Å². The van der Waals surface area contributed by atoms with Crippen LogP contribution in [0.5, 0.6) is 5.75 Å². The molecule has 0 saturated carbocycles. The minimum absolute atomic E-state index is 0.0106. The van der Waals surface area contributed by atoms with Crippen molar-refractivity contribution in [1.82, 2.24) is 5.32 Å². The highest BCUT2D eigenvalue weighted by atomic mass is 79.9. The van der Waals surface area contributed by atoms with Crippen LogP contribution in [0.1, 0.15) is 11.1 Å². The highest BCUT2D eigenvalue weighted by molar-refractivity contribution is 9.10. The zero-order chi connectivity index (χ0) is 17.4. The number of carbonyl (C=O) groups excluding carboxylic acids is 1. The molecule has 0 aliphatic heterocycles. The fourth-order valence-electron chi connectivity index (χ4n) is 2.43. The van der Waals surface area contributed by atoms with Gasteiger partial charge in [0.05, 0.1) is 13.5 Å². The van der Waals surface area contributed by atoms with Gasteiger partial charge in [-0.25, -0.2) is 0 Å². The van der Waals surface area contributed by atoms with Crippen LogP contribution in [0.2, 0.25) is 0 Å². The quantitative estimate of drug-likeness (QED) is 0.726. The Bertz CT molecular complexity index is 658. The number of amides is 1. The minimum Gasteiger partial charge on any atom is -0.497 e. The zero-order valence-corrected chi connectivity index (χ0v) is 15.3. The molecule has 0 unspecified atom stereocenters.